The first-order valence-electron chi connectivity index (χ1n) is 7.05. The van der Waals surface area contributed by atoms with Gasteiger partial charge in [0.1, 0.15) is 0 Å². The molecule has 1 aromatic rings. The lowest BCUT2D eigenvalue weighted by Crippen LogP contribution is -2.28. The SMILES string of the molecule is CC(=O)/C(=C\c1ccccc1C(F)(F)F)P1OCC(C)(C)CO1. The smallest absolute Gasteiger partial charge is 0.330 e. The predicted octanol–water partition coefficient (Wildman–Crippen LogP) is 5.02. The van der Waals surface area contributed by atoms with E-state index in [1.54, 1.807) is 0 Å². The van der Waals surface area contributed by atoms with Crippen molar-refractivity contribution in [2.75, 3.05) is 13.2 Å². The molecule has 7 heteroatoms. The molecule has 1 fully saturated rings. The molecule has 1 aliphatic rings. The fourth-order valence-electron chi connectivity index (χ4n) is 2.00. The van der Waals surface area contributed by atoms with Crippen molar-refractivity contribution < 1.29 is 27.0 Å². The molecule has 3 nitrogen and oxygen atoms in total. The van der Waals surface area contributed by atoms with E-state index in [-0.39, 0.29) is 22.1 Å². The standard InChI is InChI=1S/C16H18F3O3P/c1-11(20)14(23-21-9-15(2,3)10-22-23)8-12-6-4-5-7-13(12)16(17,18)19/h4-8H,9-10H2,1-3H3/b14-8+. The number of benzene rings is 1. The fourth-order valence-corrected chi connectivity index (χ4v) is 3.78. The van der Waals surface area contributed by atoms with Crippen molar-refractivity contribution in [3.8, 4) is 0 Å². The molecule has 1 saturated heterocycles. The largest absolute Gasteiger partial charge is 0.416 e. The van der Waals surface area contributed by atoms with Crippen molar-refractivity contribution in [2.45, 2.75) is 26.9 Å². The summed E-state index contributed by atoms with van der Waals surface area (Å²) in [4.78, 5) is 11.9. The molecular formula is C16H18F3O3P. The number of hydrogen-bond acceptors (Lipinski definition) is 3. The summed E-state index contributed by atoms with van der Waals surface area (Å²) in [7, 11) is -1.66. The highest BCUT2D eigenvalue weighted by molar-refractivity contribution is 7.54. The molecule has 0 bridgehead atoms. The molecule has 126 valence electrons. The normalized spacial score (nSPS) is 19.7. The number of alkyl halides is 3. The van der Waals surface area contributed by atoms with Gasteiger partial charge in [-0.05, 0) is 24.6 Å². The van der Waals surface area contributed by atoms with Crippen LogP contribution in [0.5, 0.6) is 0 Å². The highest BCUT2D eigenvalue weighted by atomic mass is 31.2. The summed E-state index contributed by atoms with van der Waals surface area (Å²) in [5, 5.41) is 0.146. The highest BCUT2D eigenvalue weighted by Crippen LogP contribution is 2.53. The monoisotopic (exact) mass is 346 g/mol. The van der Waals surface area contributed by atoms with Crippen LogP contribution in [0.1, 0.15) is 31.9 Å². The Balaban J connectivity index is 2.36. The van der Waals surface area contributed by atoms with Crippen LogP contribution in [-0.2, 0) is 20.0 Å². The minimum atomic E-state index is -4.49. The molecule has 2 rings (SSSR count). The van der Waals surface area contributed by atoms with Gasteiger partial charge in [-0.25, -0.2) is 0 Å². The van der Waals surface area contributed by atoms with E-state index in [9.17, 15) is 18.0 Å². The lowest BCUT2D eigenvalue weighted by atomic mass is 9.97. The number of carbonyl (C=O) groups excluding carboxylic acids is 1. The average molecular weight is 346 g/mol. The summed E-state index contributed by atoms with van der Waals surface area (Å²) in [5.74, 6) is -0.354. The van der Waals surface area contributed by atoms with E-state index in [0.717, 1.165) is 6.07 Å². The Morgan fingerprint density at radius 3 is 2.30 bits per heavy atom. The zero-order valence-electron chi connectivity index (χ0n) is 13.1. The maximum atomic E-state index is 13.1. The topological polar surface area (TPSA) is 35.5 Å². The molecule has 0 saturated carbocycles. The summed E-state index contributed by atoms with van der Waals surface area (Å²) >= 11 is 0. The van der Waals surface area contributed by atoms with Crippen molar-refractivity contribution >= 4 is 20.2 Å². The van der Waals surface area contributed by atoms with Gasteiger partial charge in [0.05, 0.1) is 24.1 Å². The molecule has 0 N–H and O–H groups in total. The molecule has 0 aliphatic carbocycles. The lowest BCUT2D eigenvalue weighted by molar-refractivity contribution is -0.137. The highest BCUT2D eigenvalue weighted by Gasteiger charge is 2.35. The van der Waals surface area contributed by atoms with Crippen LogP contribution in [0.3, 0.4) is 0 Å². The fraction of sp³-hybridized carbons (Fsp3) is 0.438. The first-order chi connectivity index (χ1) is 10.6. The third kappa shape index (κ3) is 4.63. The van der Waals surface area contributed by atoms with Crippen LogP contribution in [0.25, 0.3) is 6.08 Å². The van der Waals surface area contributed by atoms with Gasteiger partial charge < -0.3 is 9.05 Å². The van der Waals surface area contributed by atoms with Gasteiger partial charge in [0.25, 0.3) is 0 Å². The van der Waals surface area contributed by atoms with E-state index in [1.807, 2.05) is 13.8 Å². The maximum absolute atomic E-state index is 13.1. The van der Waals surface area contributed by atoms with E-state index in [2.05, 4.69) is 0 Å². The number of halogens is 3. The van der Waals surface area contributed by atoms with Gasteiger partial charge in [-0.2, -0.15) is 13.2 Å². The van der Waals surface area contributed by atoms with Gasteiger partial charge in [0.2, 0.25) is 8.38 Å². The molecular weight excluding hydrogens is 328 g/mol. The van der Waals surface area contributed by atoms with Gasteiger partial charge in [-0.15, -0.1) is 0 Å². The van der Waals surface area contributed by atoms with Crippen LogP contribution in [-0.4, -0.2) is 19.0 Å². The van der Waals surface area contributed by atoms with E-state index < -0.39 is 20.1 Å². The van der Waals surface area contributed by atoms with Gasteiger partial charge in [0, 0.05) is 5.41 Å². The van der Waals surface area contributed by atoms with Crippen LogP contribution < -0.4 is 0 Å². The summed E-state index contributed by atoms with van der Waals surface area (Å²) in [6.07, 6.45) is -3.26. The number of Topliss-reactive ketones (excluding diaryl/α,β-unsaturated/α-hetero) is 1. The van der Waals surface area contributed by atoms with Crippen LogP contribution in [0.15, 0.2) is 29.6 Å². The molecule has 0 aromatic heterocycles. The minimum Gasteiger partial charge on any atom is -0.330 e. The molecule has 0 unspecified atom stereocenters. The van der Waals surface area contributed by atoms with Crippen LogP contribution in [0.2, 0.25) is 0 Å². The second kappa shape index (κ2) is 6.71. The van der Waals surface area contributed by atoms with Crippen LogP contribution >= 0.6 is 8.38 Å². The Morgan fingerprint density at radius 2 is 1.78 bits per heavy atom. The van der Waals surface area contributed by atoms with Gasteiger partial charge in [-0.1, -0.05) is 32.0 Å². The van der Waals surface area contributed by atoms with Crippen molar-refractivity contribution in [1.29, 1.82) is 0 Å². The number of carbonyl (C=O) groups is 1. The number of hydrogen-bond donors (Lipinski definition) is 0. The number of rotatable bonds is 3. The second-order valence-corrected chi connectivity index (χ2v) is 7.65. The second-order valence-electron chi connectivity index (χ2n) is 6.14. The summed E-state index contributed by atoms with van der Waals surface area (Å²) < 4.78 is 50.4. The van der Waals surface area contributed by atoms with E-state index in [0.29, 0.717) is 13.2 Å². The Labute approximate surface area is 134 Å². The minimum absolute atomic E-state index is 0.0651. The first kappa shape index (κ1) is 18.1. The van der Waals surface area contributed by atoms with Crippen LogP contribution in [0, 0.1) is 5.41 Å². The Hall–Kier alpha value is -1.23. The third-order valence-electron chi connectivity index (χ3n) is 3.26. The molecule has 1 aromatic carbocycles. The summed E-state index contributed by atoms with van der Waals surface area (Å²) in [5.41, 5.74) is -1.03. The third-order valence-corrected chi connectivity index (χ3v) is 4.83. The van der Waals surface area contributed by atoms with Crippen LogP contribution in [0.4, 0.5) is 13.2 Å². The lowest BCUT2D eigenvalue weighted by Gasteiger charge is -2.34. The Kier molecular flexibility index (Phi) is 5.29. The molecule has 0 radical (unpaired) electrons. The van der Waals surface area contributed by atoms with Crippen molar-refractivity contribution in [1.82, 2.24) is 0 Å². The number of allylic oxidation sites excluding steroid dienone is 1. The van der Waals surface area contributed by atoms with Gasteiger partial charge in [-0.3, -0.25) is 4.79 Å². The predicted molar refractivity (Wildman–Crippen MR) is 82.7 cm³/mol. The van der Waals surface area contributed by atoms with E-state index >= 15 is 0 Å². The molecule has 1 heterocycles. The molecule has 0 atom stereocenters. The first-order valence-corrected chi connectivity index (χ1v) is 8.23. The molecule has 23 heavy (non-hydrogen) atoms. The Morgan fingerprint density at radius 1 is 1.22 bits per heavy atom. The molecule has 1 aliphatic heterocycles. The summed E-state index contributed by atoms with van der Waals surface area (Å²) in [6.45, 7) is 6.00. The van der Waals surface area contributed by atoms with Gasteiger partial charge in [0.15, 0.2) is 5.78 Å². The molecule has 0 spiro atoms. The number of ketones is 1. The van der Waals surface area contributed by atoms with E-state index in [1.165, 1.54) is 31.2 Å². The summed E-state index contributed by atoms with van der Waals surface area (Å²) in [6, 6.07) is 5.13. The maximum Gasteiger partial charge on any atom is 0.416 e. The average Bonchev–Trinajstić information content (AvgIpc) is 2.44. The van der Waals surface area contributed by atoms with E-state index in [4.69, 9.17) is 9.05 Å². The zero-order chi connectivity index (χ0) is 17.3. The quantitative estimate of drug-likeness (QED) is 0.569. The van der Waals surface area contributed by atoms with Crippen molar-refractivity contribution in [3.05, 3.63) is 40.7 Å². The van der Waals surface area contributed by atoms with Crippen molar-refractivity contribution in [2.24, 2.45) is 5.41 Å². The Bertz CT molecular complexity index is 613. The van der Waals surface area contributed by atoms with Crippen molar-refractivity contribution in [3.63, 3.8) is 0 Å². The zero-order valence-corrected chi connectivity index (χ0v) is 14.0. The van der Waals surface area contributed by atoms with Gasteiger partial charge >= 0.3 is 6.18 Å². The molecule has 0 amide bonds.